The van der Waals surface area contributed by atoms with Gasteiger partial charge in [-0.1, -0.05) is 31.9 Å². The average Bonchev–Trinajstić information content (AvgIpc) is 2.68. The van der Waals surface area contributed by atoms with Crippen molar-refractivity contribution in [3.05, 3.63) is 65.5 Å². The average molecular weight is 392 g/mol. The van der Waals surface area contributed by atoms with Crippen LogP contribution in [-0.4, -0.2) is 32.2 Å². The van der Waals surface area contributed by atoms with Gasteiger partial charge in [-0.2, -0.15) is 4.31 Å². The molecule has 5 nitrogen and oxygen atoms in total. The number of unbranched alkanes of at least 4 members (excludes halogenated alkanes) is 2. The molecule has 146 valence electrons. The van der Waals surface area contributed by atoms with E-state index in [0.717, 1.165) is 24.8 Å². The van der Waals surface area contributed by atoms with Gasteiger partial charge in [0.2, 0.25) is 10.0 Å². The third kappa shape index (κ3) is 5.61. The van der Waals surface area contributed by atoms with E-state index < -0.39 is 10.0 Å². The van der Waals surface area contributed by atoms with Crippen LogP contribution in [0, 0.1) is 5.82 Å². The predicted molar refractivity (Wildman–Crippen MR) is 103 cm³/mol. The van der Waals surface area contributed by atoms with E-state index >= 15 is 0 Å². The predicted octanol–water partition coefficient (Wildman–Crippen LogP) is 3.57. The molecule has 2 aromatic rings. The molecule has 2 rings (SSSR count). The highest BCUT2D eigenvalue weighted by molar-refractivity contribution is 7.89. The van der Waals surface area contributed by atoms with Gasteiger partial charge in [0.05, 0.1) is 4.90 Å². The molecule has 0 aliphatic carbocycles. The molecular weight excluding hydrogens is 367 g/mol. The molecule has 27 heavy (non-hydrogen) atoms. The Morgan fingerprint density at radius 3 is 2.22 bits per heavy atom. The van der Waals surface area contributed by atoms with Crippen molar-refractivity contribution < 1.29 is 17.6 Å². The fraction of sp³-hybridized carbons (Fsp3) is 0.350. The molecule has 1 N–H and O–H groups in total. The maximum atomic E-state index is 13.1. The molecule has 0 aliphatic rings. The lowest BCUT2D eigenvalue weighted by molar-refractivity contribution is 0.0963. The van der Waals surface area contributed by atoms with Gasteiger partial charge in [0.25, 0.3) is 5.91 Å². The number of sulfonamides is 1. The van der Waals surface area contributed by atoms with Crippen molar-refractivity contribution in [2.45, 2.75) is 37.6 Å². The smallest absolute Gasteiger partial charge is 0.251 e. The van der Waals surface area contributed by atoms with E-state index in [0.29, 0.717) is 12.1 Å². The molecule has 2 aromatic carbocycles. The zero-order valence-corrected chi connectivity index (χ0v) is 16.4. The van der Waals surface area contributed by atoms with E-state index in [1.54, 1.807) is 12.1 Å². The summed E-state index contributed by atoms with van der Waals surface area (Å²) < 4.78 is 40.7. The number of halogens is 1. The summed E-state index contributed by atoms with van der Waals surface area (Å²) in [7, 11) is -2.21. The van der Waals surface area contributed by atoms with E-state index in [1.165, 1.54) is 47.8 Å². The first kappa shape index (κ1) is 21.1. The summed E-state index contributed by atoms with van der Waals surface area (Å²) in [4.78, 5) is 11.8. The van der Waals surface area contributed by atoms with Crippen LogP contribution < -0.4 is 5.32 Å². The Morgan fingerprint density at radius 2 is 1.67 bits per heavy atom. The number of amides is 1. The van der Waals surface area contributed by atoms with Crippen LogP contribution in [0.15, 0.2) is 53.4 Å². The van der Waals surface area contributed by atoms with Crippen LogP contribution in [-0.2, 0) is 16.6 Å². The van der Waals surface area contributed by atoms with Crippen LogP contribution in [0.1, 0.15) is 42.1 Å². The lowest BCUT2D eigenvalue weighted by Crippen LogP contribution is -2.31. The number of nitrogens with zero attached hydrogens (tertiary/aromatic N) is 1. The van der Waals surface area contributed by atoms with E-state index in [1.807, 2.05) is 0 Å². The Morgan fingerprint density at radius 1 is 1.04 bits per heavy atom. The van der Waals surface area contributed by atoms with Crippen molar-refractivity contribution in [1.29, 1.82) is 0 Å². The van der Waals surface area contributed by atoms with Crippen LogP contribution in [0.3, 0.4) is 0 Å². The zero-order chi connectivity index (χ0) is 19.9. The number of hydrogen-bond acceptors (Lipinski definition) is 3. The molecule has 0 aliphatic heterocycles. The second-order valence-electron chi connectivity index (χ2n) is 6.28. The third-order valence-corrected chi connectivity index (χ3v) is 6.12. The summed E-state index contributed by atoms with van der Waals surface area (Å²) in [5.74, 6) is -0.631. The quantitative estimate of drug-likeness (QED) is 0.664. The first-order valence-electron chi connectivity index (χ1n) is 8.95. The molecule has 0 unspecified atom stereocenters. The number of hydrogen-bond donors (Lipinski definition) is 1. The number of carbonyl (C=O) groups excluding carboxylic acids is 1. The minimum Gasteiger partial charge on any atom is -0.355 e. The van der Waals surface area contributed by atoms with Gasteiger partial charge in [0.15, 0.2) is 0 Å². The minimum absolute atomic E-state index is 0.133. The fourth-order valence-electron chi connectivity index (χ4n) is 2.69. The summed E-state index contributed by atoms with van der Waals surface area (Å²) in [6.07, 6.45) is 2.64. The van der Waals surface area contributed by atoms with E-state index in [2.05, 4.69) is 12.2 Å². The molecule has 0 fully saturated rings. The SMILES string of the molecule is CCCCCN(Cc1ccc(F)cc1)S(=O)(=O)c1ccc(C(=O)NC)cc1. The van der Waals surface area contributed by atoms with Gasteiger partial charge >= 0.3 is 0 Å². The summed E-state index contributed by atoms with van der Waals surface area (Å²) in [5.41, 5.74) is 1.12. The van der Waals surface area contributed by atoms with Crippen molar-refractivity contribution in [2.24, 2.45) is 0 Å². The second kappa shape index (κ2) is 9.62. The van der Waals surface area contributed by atoms with Gasteiger partial charge in [-0.05, 0) is 48.4 Å². The van der Waals surface area contributed by atoms with Crippen LogP contribution >= 0.6 is 0 Å². The number of benzene rings is 2. The Hall–Kier alpha value is -2.25. The van der Waals surface area contributed by atoms with Gasteiger partial charge < -0.3 is 5.32 Å². The van der Waals surface area contributed by atoms with E-state index in [4.69, 9.17) is 0 Å². The Balaban J connectivity index is 2.28. The maximum absolute atomic E-state index is 13.1. The number of rotatable bonds is 9. The topological polar surface area (TPSA) is 66.5 Å². The highest BCUT2D eigenvalue weighted by atomic mass is 32.2. The van der Waals surface area contributed by atoms with Gasteiger partial charge in [0.1, 0.15) is 5.82 Å². The van der Waals surface area contributed by atoms with Gasteiger partial charge in [-0.25, -0.2) is 12.8 Å². The van der Waals surface area contributed by atoms with Gasteiger partial charge in [-0.3, -0.25) is 4.79 Å². The van der Waals surface area contributed by atoms with Crippen LogP contribution in [0.25, 0.3) is 0 Å². The van der Waals surface area contributed by atoms with E-state index in [9.17, 15) is 17.6 Å². The van der Waals surface area contributed by atoms with E-state index in [-0.39, 0.29) is 23.2 Å². The molecular formula is C20H25FN2O3S. The largest absolute Gasteiger partial charge is 0.355 e. The first-order valence-corrected chi connectivity index (χ1v) is 10.4. The Kier molecular flexibility index (Phi) is 7.50. The highest BCUT2D eigenvalue weighted by Gasteiger charge is 2.24. The standard InChI is InChI=1S/C20H25FN2O3S/c1-3-4-5-14-23(15-16-6-10-18(21)11-7-16)27(25,26)19-12-8-17(9-13-19)20(24)22-2/h6-13H,3-5,14-15H2,1-2H3,(H,22,24). The van der Waals surface area contributed by atoms with Crippen molar-refractivity contribution in [2.75, 3.05) is 13.6 Å². The molecule has 0 heterocycles. The lowest BCUT2D eigenvalue weighted by Gasteiger charge is -2.22. The maximum Gasteiger partial charge on any atom is 0.251 e. The highest BCUT2D eigenvalue weighted by Crippen LogP contribution is 2.20. The van der Waals surface area contributed by atoms with Crippen molar-refractivity contribution in [3.63, 3.8) is 0 Å². The summed E-state index contributed by atoms with van der Waals surface area (Å²) >= 11 is 0. The molecule has 0 spiro atoms. The van der Waals surface area contributed by atoms with Gasteiger partial charge in [0, 0.05) is 25.7 Å². The molecule has 0 saturated heterocycles. The summed E-state index contributed by atoms with van der Waals surface area (Å²) in [5, 5.41) is 2.50. The summed E-state index contributed by atoms with van der Waals surface area (Å²) in [6, 6.07) is 11.7. The van der Waals surface area contributed by atoms with Crippen LogP contribution in [0.4, 0.5) is 4.39 Å². The number of carbonyl (C=O) groups is 1. The Labute approximate surface area is 160 Å². The summed E-state index contributed by atoms with van der Waals surface area (Å²) in [6.45, 7) is 2.60. The van der Waals surface area contributed by atoms with Crippen molar-refractivity contribution in [3.8, 4) is 0 Å². The lowest BCUT2D eigenvalue weighted by atomic mass is 10.2. The molecule has 1 amide bonds. The molecule has 0 atom stereocenters. The van der Waals surface area contributed by atoms with Crippen LogP contribution in [0.2, 0.25) is 0 Å². The fourth-order valence-corrected chi connectivity index (χ4v) is 4.15. The normalized spacial score (nSPS) is 11.6. The molecule has 7 heteroatoms. The monoisotopic (exact) mass is 392 g/mol. The molecule has 0 bridgehead atoms. The molecule has 0 aromatic heterocycles. The second-order valence-corrected chi connectivity index (χ2v) is 8.21. The first-order chi connectivity index (χ1) is 12.9. The van der Waals surface area contributed by atoms with Gasteiger partial charge in [-0.15, -0.1) is 0 Å². The van der Waals surface area contributed by atoms with Crippen molar-refractivity contribution >= 4 is 15.9 Å². The minimum atomic E-state index is -3.73. The van der Waals surface area contributed by atoms with Crippen LogP contribution in [0.5, 0.6) is 0 Å². The zero-order valence-electron chi connectivity index (χ0n) is 15.6. The third-order valence-electron chi connectivity index (χ3n) is 4.26. The van der Waals surface area contributed by atoms with Crippen molar-refractivity contribution in [1.82, 2.24) is 9.62 Å². The molecule has 0 saturated carbocycles. The number of nitrogens with one attached hydrogen (secondary N) is 1. The molecule has 0 radical (unpaired) electrons. The Bertz CT molecular complexity index is 850.